The fraction of sp³-hybridized carbons (Fsp3) is 0.471. The van der Waals surface area contributed by atoms with Gasteiger partial charge in [0.2, 0.25) is 0 Å². The summed E-state index contributed by atoms with van der Waals surface area (Å²) >= 11 is 0. The summed E-state index contributed by atoms with van der Waals surface area (Å²) in [6.45, 7) is 0.915. The minimum absolute atomic E-state index is 0.208. The molecule has 1 aromatic carbocycles. The van der Waals surface area contributed by atoms with Gasteiger partial charge in [0.05, 0.1) is 5.60 Å². The fourth-order valence-corrected chi connectivity index (χ4v) is 3.17. The lowest BCUT2D eigenvalue weighted by Gasteiger charge is -2.22. The first-order valence-corrected chi connectivity index (χ1v) is 7.95. The van der Waals surface area contributed by atoms with E-state index in [1.165, 1.54) is 10.9 Å². The molecular formula is C17H23N3O2. The van der Waals surface area contributed by atoms with Crippen LogP contribution in [0, 0.1) is 0 Å². The number of aliphatic hydroxyl groups is 1. The number of amides is 2. The molecule has 2 amide bonds. The molecule has 22 heavy (non-hydrogen) atoms. The van der Waals surface area contributed by atoms with E-state index in [1.54, 1.807) is 0 Å². The Kier molecular flexibility index (Phi) is 4.34. The first-order valence-electron chi connectivity index (χ1n) is 7.95. The SMILES string of the molecule is O=C(NCCc1c[nH]c2ccccc12)NCC1(O)CCCC1. The van der Waals surface area contributed by atoms with Crippen molar-refractivity contribution < 1.29 is 9.90 Å². The van der Waals surface area contributed by atoms with Crippen molar-refractivity contribution in [3.63, 3.8) is 0 Å². The molecular weight excluding hydrogens is 278 g/mol. The van der Waals surface area contributed by atoms with Crippen LogP contribution in [0.5, 0.6) is 0 Å². The maximum atomic E-state index is 11.8. The van der Waals surface area contributed by atoms with Crippen molar-refractivity contribution in [2.24, 2.45) is 0 Å². The third-order valence-electron chi connectivity index (χ3n) is 4.47. The Labute approximate surface area is 130 Å². The predicted molar refractivity (Wildman–Crippen MR) is 86.8 cm³/mol. The van der Waals surface area contributed by atoms with Gasteiger partial charge in [-0.05, 0) is 30.9 Å². The second-order valence-electron chi connectivity index (χ2n) is 6.15. The van der Waals surface area contributed by atoms with Gasteiger partial charge in [-0.15, -0.1) is 0 Å². The fourth-order valence-electron chi connectivity index (χ4n) is 3.17. The van der Waals surface area contributed by atoms with Gasteiger partial charge in [-0.25, -0.2) is 4.79 Å². The summed E-state index contributed by atoms with van der Waals surface area (Å²) in [6, 6.07) is 7.93. The number of aromatic amines is 1. The normalized spacial score (nSPS) is 16.8. The molecule has 3 rings (SSSR count). The van der Waals surface area contributed by atoms with Crippen LogP contribution in [0.4, 0.5) is 4.79 Å². The molecule has 1 saturated carbocycles. The number of urea groups is 1. The molecule has 4 N–H and O–H groups in total. The van der Waals surface area contributed by atoms with E-state index >= 15 is 0 Å². The van der Waals surface area contributed by atoms with Crippen LogP contribution in [0.15, 0.2) is 30.5 Å². The summed E-state index contributed by atoms with van der Waals surface area (Å²) in [5.74, 6) is 0. The number of fused-ring (bicyclic) bond motifs is 1. The molecule has 0 bridgehead atoms. The van der Waals surface area contributed by atoms with E-state index < -0.39 is 5.60 Å². The minimum Gasteiger partial charge on any atom is -0.388 e. The topological polar surface area (TPSA) is 77.2 Å². The summed E-state index contributed by atoms with van der Waals surface area (Å²) in [7, 11) is 0. The molecule has 1 aliphatic carbocycles. The lowest BCUT2D eigenvalue weighted by Crippen LogP contribution is -2.45. The van der Waals surface area contributed by atoms with E-state index in [1.807, 2.05) is 24.4 Å². The zero-order valence-corrected chi connectivity index (χ0v) is 12.7. The van der Waals surface area contributed by atoms with Crippen molar-refractivity contribution in [3.05, 3.63) is 36.0 Å². The van der Waals surface area contributed by atoms with E-state index in [4.69, 9.17) is 0 Å². The lowest BCUT2D eigenvalue weighted by molar-refractivity contribution is 0.0501. The Morgan fingerprint density at radius 3 is 2.82 bits per heavy atom. The summed E-state index contributed by atoms with van der Waals surface area (Å²) < 4.78 is 0. The van der Waals surface area contributed by atoms with Crippen LogP contribution in [0.1, 0.15) is 31.2 Å². The highest BCUT2D eigenvalue weighted by atomic mass is 16.3. The van der Waals surface area contributed by atoms with Crippen LogP contribution < -0.4 is 10.6 Å². The monoisotopic (exact) mass is 301 g/mol. The maximum absolute atomic E-state index is 11.8. The van der Waals surface area contributed by atoms with Crippen LogP contribution in [0.3, 0.4) is 0 Å². The molecule has 1 fully saturated rings. The average molecular weight is 301 g/mol. The molecule has 5 heteroatoms. The number of H-pyrrole nitrogens is 1. The van der Waals surface area contributed by atoms with Gasteiger partial charge in [-0.3, -0.25) is 0 Å². The summed E-state index contributed by atoms with van der Waals surface area (Å²) in [6.07, 6.45) is 6.42. The smallest absolute Gasteiger partial charge is 0.314 e. The largest absolute Gasteiger partial charge is 0.388 e. The molecule has 2 aromatic rings. The van der Waals surface area contributed by atoms with Gasteiger partial charge in [0.25, 0.3) is 0 Å². The first kappa shape index (κ1) is 14.9. The average Bonchev–Trinajstić information content (AvgIpc) is 3.13. The summed E-state index contributed by atoms with van der Waals surface area (Å²) in [5.41, 5.74) is 1.62. The van der Waals surface area contributed by atoms with Gasteiger partial charge in [0, 0.05) is 30.2 Å². The third-order valence-corrected chi connectivity index (χ3v) is 4.47. The Bertz CT molecular complexity index is 644. The van der Waals surface area contributed by atoms with Crippen molar-refractivity contribution in [1.82, 2.24) is 15.6 Å². The lowest BCUT2D eigenvalue weighted by atomic mass is 10.0. The molecule has 1 aliphatic rings. The van der Waals surface area contributed by atoms with Gasteiger partial charge in [-0.1, -0.05) is 31.0 Å². The number of nitrogens with one attached hydrogen (secondary N) is 3. The van der Waals surface area contributed by atoms with Gasteiger partial charge in [0.1, 0.15) is 0 Å². The molecule has 0 atom stereocenters. The quantitative estimate of drug-likeness (QED) is 0.684. The number of carbonyl (C=O) groups is 1. The maximum Gasteiger partial charge on any atom is 0.314 e. The highest BCUT2D eigenvalue weighted by Crippen LogP contribution is 2.28. The van der Waals surface area contributed by atoms with Crippen molar-refractivity contribution in [3.8, 4) is 0 Å². The van der Waals surface area contributed by atoms with Crippen LogP contribution in [0.25, 0.3) is 10.9 Å². The minimum atomic E-state index is -0.700. The molecule has 0 spiro atoms. The predicted octanol–water partition coefficient (Wildman–Crippen LogP) is 2.31. The van der Waals surface area contributed by atoms with Crippen LogP contribution >= 0.6 is 0 Å². The van der Waals surface area contributed by atoms with E-state index in [0.29, 0.717) is 13.1 Å². The third kappa shape index (κ3) is 3.42. The second kappa shape index (κ2) is 6.40. The van der Waals surface area contributed by atoms with Gasteiger partial charge < -0.3 is 20.7 Å². The zero-order valence-electron chi connectivity index (χ0n) is 12.7. The molecule has 0 unspecified atom stereocenters. The van der Waals surface area contributed by atoms with Crippen molar-refractivity contribution in [2.45, 2.75) is 37.7 Å². The van der Waals surface area contributed by atoms with Gasteiger partial charge in [0.15, 0.2) is 0 Å². The van der Waals surface area contributed by atoms with Crippen LogP contribution in [-0.4, -0.2) is 34.8 Å². The summed E-state index contributed by atoms with van der Waals surface area (Å²) in [5, 5.41) is 17.0. The Balaban J connectivity index is 1.43. The molecule has 1 aromatic heterocycles. The number of hydrogen-bond donors (Lipinski definition) is 4. The number of hydrogen-bond acceptors (Lipinski definition) is 2. The number of aromatic nitrogens is 1. The van der Waals surface area contributed by atoms with E-state index in [2.05, 4.69) is 21.7 Å². The molecule has 1 heterocycles. The van der Waals surface area contributed by atoms with E-state index in [0.717, 1.165) is 37.6 Å². The number of para-hydroxylation sites is 1. The highest BCUT2D eigenvalue weighted by Gasteiger charge is 2.31. The van der Waals surface area contributed by atoms with E-state index in [-0.39, 0.29) is 6.03 Å². The summed E-state index contributed by atoms with van der Waals surface area (Å²) in [4.78, 5) is 15.0. The Morgan fingerprint density at radius 1 is 1.23 bits per heavy atom. The van der Waals surface area contributed by atoms with E-state index in [9.17, 15) is 9.90 Å². The van der Waals surface area contributed by atoms with Crippen LogP contribution in [0.2, 0.25) is 0 Å². The number of benzene rings is 1. The second-order valence-corrected chi connectivity index (χ2v) is 6.15. The Hall–Kier alpha value is -2.01. The number of carbonyl (C=O) groups excluding carboxylic acids is 1. The molecule has 0 saturated heterocycles. The first-order chi connectivity index (χ1) is 10.7. The molecule has 118 valence electrons. The molecule has 0 aliphatic heterocycles. The Morgan fingerprint density at radius 2 is 2.00 bits per heavy atom. The van der Waals surface area contributed by atoms with Gasteiger partial charge >= 0.3 is 6.03 Å². The number of rotatable bonds is 5. The van der Waals surface area contributed by atoms with Gasteiger partial charge in [-0.2, -0.15) is 0 Å². The molecule has 0 radical (unpaired) electrons. The molecule has 5 nitrogen and oxygen atoms in total. The highest BCUT2D eigenvalue weighted by molar-refractivity contribution is 5.83. The van der Waals surface area contributed by atoms with Crippen molar-refractivity contribution in [1.29, 1.82) is 0 Å². The van der Waals surface area contributed by atoms with Crippen molar-refractivity contribution >= 4 is 16.9 Å². The zero-order chi connectivity index (χ0) is 15.4. The standard InChI is InChI=1S/C17H23N3O2/c21-16(20-12-17(22)8-3-4-9-17)18-10-7-13-11-19-15-6-2-1-5-14(13)15/h1-2,5-6,11,19,22H,3-4,7-10,12H2,(H2,18,20,21). The van der Waals surface area contributed by atoms with Crippen LogP contribution in [-0.2, 0) is 6.42 Å². The van der Waals surface area contributed by atoms with Crippen molar-refractivity contribution in [2.75, 3.05) is 13.1 Å².